The van der Waals surface area contributed by atoms with Gasteiger partial charge < -0.3 is 20.3 Å². The molecule has 2 aromatic carbocycles. The van der Waals surface area contributed by atoms with Gasteiger partial charge in [0.25, 0.3) is 5.56 Å². The topological polar surface area (TPSA) is 85.4 Å². The molecule has 0 saturated heterocycles. The molecule has 3 aromatic rings. The van der Waals surface area contributed by atoms with E-state index in [2.05, 4.69) is 10.3 Å². The minimum absolute atomic E-state index is 0.152. The van der Waals surface area contributed by atoms with Crippen LogP contribution in [0.25, 0.3) is 11.3 Å². The predicted octanol–water partition coefficient (Wildman–Crippen LogP) is 3.20. The molecular weight excluding hydrogens is 354 g/mol. The van der Waals surface area contributed by atoms with Crippen molar-refractivity contribution in [3.63, 3.8) is 0 Å². The van der Waals surface area contributed by atoms with E-state index < -0.39 is 5.97 Å². The SMILES string of the molecule is CN(C)c1cccc(-c2ccc(Cc3ccccc3NCC(=O)O)c(=O)[nH]2)c1. The van der Waals surface area contributed by atoms with Crippen LogP contribution in [0, 0.1) is 0 Å². The van der Waals surface area contributed by atoms with E-state index in [0.29, 0.717) is 17.7 Å². The fraction of sp³-hybridized carbons (Fsp3) is 0.182. The summed E-state index contributed by atoms with van der Waals surface area (Å²) in [6, 6.07) is 19.1. The normalized spacial score (nSPS) is 10.5. The van der Waals surface area contributed by atoms with Crippen LogP contribution < -0.4 is 15.8 Å². The molecule has 0 saturated carbocycles. The number of carboxylic acid groups (broad SMARTS) is 1. The van der Waals surface area contributed by atoms with Crippen molar-refractivity contribution in [2.45, 2.75) is 6.42 Å². The molecule has 3 N–H and O–H groups in total. The lowest BCUT2D eigenvalue weighted by Gasteiger charge is -2.14. The van der Waals surface area contributed by atoms with Crippen LogP contribution in [0.4, 0.5) is 11.4 Å². The van der Waals surface area contributed by atoms with Gasteiger partial charge in [-0.15, -0.1) is 0 Å². The fourth-order valence-corrected chi connectivity index (χ4v) is 2.99. The number of benzene rings is 2. The first-order valence-electron chi connectivity index (χ1n) is 8.97. The molecule has 0 fully saturated rings. The summed E-state index contributed by atoms with van der Waals surface area (Å²) in [5, 5.41) is 11.8. The van der Waals surface area contributed by atoms with Gasteiger partial charge in [0.05, 0.1) is 0 Å². The van der Waals surface area contributed by atoms with Crippen LogP contribution in [-0.4, -0.2) is 36.7 Å². The molecule has 6 nitrogen and oxygen atoms in total. The van der Waals surface area contributed by atoms with E-state index in [1.165, 1.54) is 0 Å². The second-order valence-electron chi connectivity index (χ2n) is 6.75. The van der Waals surface area contributed by atoms with Crippen LogP contribution in [0.15, 0.2) is 65.5 Å². The van der Waals surface area contributed by atoms with Crippen LogP contribution >= 0.6 is 0 Å². The minimum Gasteiger partial charge on any atom is -0.480 e. The first-order valence-corrected chi connectivity index (χ1v) is 8.97. The van der Waals surface area contributed by atoms with Gasteiger partial charge in [-0.25, -0.2) is 0 Å². The zero-order valence-corrected chi connectivity index (χ0v) is 15.9. The summed E-state index contributed by atoms with van der Waals surface area (Å²) < 4.78 is 0. The molecule has 0 spiro atoms. The van der Waals surface area contributed by atoms with Crippen LogP contribution in [0.5, 0.6) is 0 Å². The van der Waals surface area contributed by atoms with Gasteiger partial charge in [-0.1, -0.05) is 36.4 Å². The molecule has 0 bridgehead atoms. The van der Waals surface area contributed by atoms with Crippen molar-refractivity contribution in [1.82, 2.24) is 4.98 Å². The molecule has 1 aromatic heterocycles. The third kappa shape index (κ3) is 4.59. The number of aliphatic carboxylic acids is 1. The second kappa shape index (κ2) is 8.43. The maximum atomic E-state index is 12.6. The number of hydrogen-bond acceptors (Lipinski definition) is 4. The highest BCUT2D eigenvalue weighted by Crippen LogP contribution is 2.23. The number of aromatic amines is 1. The van der Waals surface area contributed by atoms with E-state index in [4.69, 9.17) is 5.11 Å². The van der Waals surface area contributed by atoms with Crippen LogP contribution in [0.2, 0.25) is 0 Å². The Kier molecular flexibility index (Phi) is 5.79. The van der Waals surface area contributed by atoms with Crippen LogP contribution in [-0.2, 0) is 11.2 Å². The molecule has 0 radical (unpaired) electrons. The smallest absolute Gasteiger partial charge is 0.322 e. The molecular formula is C22H23N3O3. The number of nitrogens with one attached hydrogen (secondary N) is 2. The van der Waals surface area contributed by atoms with E-state index in [-0.39, 0.29) is 12.1 Å². The summed E-state index contributed by atoms with van der Waals surface area (Å²) in [6.45, 7) is -0.172. The van der Waals surface area contributed by atoms with E-state index in [1.54, 1.807) is 0 Å². The average molecular weight is 377 g/mol. The van der Waals surface area contributed by atoms with Gasteiger partial charge in [-0.2, -0.15) is 0 Å². The zero-order valence-electron chi connectivity index (χ0n) is 15.9. The summed E-state index contributed by atoms with van der Waals surface area (Å²) >= 11 is 0. The molecule has 1 heterocycles. The molecule has 0 aliphatic heterocycles. The Balaban J connectivity index is 1.85. The monoisotopic (exact) mass is 377 g/mol. The van der Waals surface area contributed by atoms with E-state index in [9.17, 15) is 9.59 Å². The Hall–Kier alpha value is -3.54. The van der Waals surface area contributed by atoms with E-state index >= 15 is 0 Å². The molecule has 0 aliphatic rings. The summed E-state index contributed by atoms with van der Waals surface area (Å²) in [5.41, 5.74) is 4.82. The summed E-state index contributed by atoms with van der Waals surface area (Å²) in [4.78, 5) is 28.4. The highest BCUT2D eigenvalue weighted by Gasteiger charge is 2.09. The quantitative estimate of drug-likeness (QED) is 0.589. The largest absolute Gasteiger partial charge is 0.480 e. The molecule has 144 valence electrons. The minimum atomic E-state index is -0.933. The molecule has 28 heavy (non-hydrogen) atoms. The molecule has 0 unspecified atom stereocenters. The number of carboxylic acids is 1. The lowest BCUT2D eigenvalue weighted by atomic mass is 10.0. The Bertz CT molecular complexity index is 1040. The second-order valence-corrected chi connectivity index (χ2v) is 6.75. The van der Waals surface area contributed by atoms with Crippen molar-refractivity contribution in [1.29, 1.82) is 0 Å². The van der Waals surface area contributed by atoms with Gasteiger partial charge >= 0.3 is 5.97 Å². The van der Waals surface area contributed by atoms with Crippen molar-refractivity contribution in [2.24, 2.45) is 0 Å². The van der Waals surface area contributed by atoms with Crippen molar-refractivity contribution >= 4 is 17.3 Å². The number of nitrogens with zero attached hydrogens (tertiary/aromatic N) is 1. The summed E-state index contributed by atoms with van der Waals surface area (Å²) in [5.74, 6) is -0.933. The summed E-state index contributed by atoms with van der Waals surface area (Å²) in [7, 11) is 3.95. The lowest BCUT2D eigenvalue weighted by Crippen LogP contribution is -2.16. The van der Waals surface area contributed by atoms with Crippen LogP contribution in [0.3, 0.4) is 0 Å². The standard InChI is InChI=1S/C22H23N3O3/c1-25(2)18-8-5-7-16(13-18)20-11-10-17(22(28)24-20)12-15-6-3-4-9-19(15)23-14-21(26)27/h3-11,13,23H,12,14H2,1-2H3,(H,24,28)(H,26,27). The van der Waals surface area contributed by atoms with Crippen molar-refractivity contribution in [2.75, 3.05) is 30.9 Å². The predicted molar refractivity (Wildman–Crippen MR) is 112 cm³/mol. The molecule has 0 amide bonds. The van der Waals surface area contributed by atoms with Gasteiger partial charge in [0.1, 0.15) is 6.54 Å². The molecule has 6 heteroatoms. The Morgan fingerprint density at radius 1 is 1.04 bits per heavy atom. The first-order chi connectivity index (χ1) is 13.4. The van der Waals surface area contributed by atoms with Gasteiger partial charge in [0.15, 0.2) is 0 Å². The average Bonchev–Trinajstić information content (AvgIpc) is 2.68. The molecule has 0 atom stereocenters. The van der Waals surface area contributed by atoms with Crippen LogP contribution in [0.1, 0.15) is 11.1 Å². The number of para-hydroxylation sites is 1. The highest BCUT2D eigenvalue weighted by atomic mass is 16.4. The lowest BCUT2D eigenvalue weighted by molar-refractivity contribution is -0.134. The third-order valence-electron chi connectivity index (χ3n) is 4.49. The Morgan fingerprint density at radius 2 is 1.82 bits per heavy atom. The van der Waals surface area contributed by atoms with Gasteiger partial charge in [-0.3, -0.25) is 9.59 Å². The number of aromatic nitrogens is 1. The maximum Gasteiger partial charge on any atom is 0.322 e. The number of pyridine rings is 1. The number of anilines is 2. The summed E-state index contributed by atoms with van der Waals surface area (Å²) in [6.07, 6.45) is 0.413. The van der Waals surface area contributed by atoms with Gasteiger partial charge in [0, 0.05) is 48.7 Å². The Morgan fingerprint density at radius 3 is 2.54 bits per heavy atom. The maximum absolute atomic E-state index is 12.6. The highest BCUT2D eigenvalue weighted by molar-refractivity contribution is 5.73. The molecule has 3 rings (SSSR count). The number of H-pyrrole nitrogens is 1. The van der Waals surface area contributed by atoms with Crippen molar-refractivity contribution in [3.05, 3.63) is 82.1 Å². The van der Waals surface area contributed by atoms with E-state index in [1.807, 2.05) is 79.7 Å². The zero-order chi connectivity index (χ0) is 20.1. The first kappa shape index (κ1) is 19.2. The van der Waals surface area contributed by atoms with Gasteiger partial charge in [-0.05, 0) is 29.8 Å². The number of rotatable bonds is 7. The van der Waals surface area contributed by atoms with Crippen molar-refractivity contribution in [3.8, 4) is 11.3 Å². The number of hydrogen-bond donors (Lipinski definition) is 3. The molecule has 0 aliphatic carbocycles. The number of carbonyl (C=O) groups is 1. The van der Waals surface area contributed by atoms with E-state index in [0.717, 1.165) is 22.5 Å². The Labute approximate surface area is 163 Å². The van der Waals surface area contributed by atoms with Gasteiger partial charge in [0.2, 0.25) is 0 Å². The van der Waals surface area contributed by atoms with Crippen molar-refractivity contribution < 1.29 is 9.90 Å². The third-order valence-corrected chi connectivity index (χ3v) is 4.49. The fourth-order valence-electron chi connectivity index (χ4n) is 2.99.